The van der Waals surface area contributed by atoms with E-state index in [0.29, 0.717) is 13.1 Å². The van der Waals surface area contributed by atoms with Crippen molar-refractivity contribution in [1.82, 2.24) is 4.31 Å². The molecule has 2 saturated heterocycles. The van der Waals surface area contributed by atoms with Crippen LogP contribution in [0.25, 0.3) is 0 Å². The van der Waals surface area contributed by atoms with Crippen molar-refractivity contribution >= 4 is 21.8 Å². The molecule has 2 unspecified atom stereocenters. The molecule has 2 fully saturated rings. The Morgan fingerprint density at radius 1 is 1.40 bits per heavy atom. The second kappa shape index (κ2) is 5.78. The molecule has 0 aromatic rings. The molecule has 118 valence electrons. The Hall–Kier alpha value is 0.220. The molecule has 0 radical (unpaired) electrons. The van der Waals surface area contributed by atoms with Crippen LogP contribution in [-0.4, -0.2) is 54.3 Å². The van der Waals surface area contributed by atoms with Gasteiger partial charge in [0.25, 0.3) is 0 Å². The van der Waals surface area contributed by atoms with Crippen LogP contribution in [0.3, 0.4) is 0 Å². The predicted molar refractivity (Wildman–Crippen MR) is 84.4 cm³/mol. The van der Waals surface area contributed by atoms with E-state index in [4.69, 9.17) is 0 Å². The van der Waals surface area contributed by atoms with E-state index in [9.17, 15) is 13.5 Å². The molecule has 1 N–H and O–H groups in total. The lowest BCUT2D eigenvalue weighted by Crippen LogP contribution is -2.52. The van der Waals surface area contributed by atoms with Crippen molar-refractivity contribution in [2.45, 2.75) is 45.1 Å². The van der Waals surface area contributed by atoms with Gasteiger partial charge in [0.15, 0.2) is 0 Å². The number of piperidine rings is 1. The minimum Gasteiger partial charge on any atom is -0.388 e. The van der Waals surface area contributed by atoms with Gasteiger partial charge >= 0.3 is 0 Å². The highest BCUT2D eigenvalue weighted by molar-refractivity contribution is 7.99. The van der Waals surface area contributed by atoms with E-state index in [2.05, 4.69) is 13.8 Å². The maximum Gasteiger partial charge on any atom is 0.211 e. The monoisotopic (exact) mass is 321 g/mol. The van der Waals surface area contributed by atoms with Crippen LogP contribution >= 0.6 is 11.8 Å². The zero-order valence-corrected chi connectivity index (χ0v) is 14.4. The van der Waals surface area contributed by atoms with Gasteiger partial charge in [-0.25, -0.2) is 12.7 Å². The van der Waals surface area contributed by atoms with Gasteiger partial charge in [-0.1, -0.05) is 13.8 Å². The maximum absolute atomic E-state index is 11.7. The van der Waals surface area contributed by atoms with Crippen LogP contribution < -0.4 is 0 Å². The minimum atomic E-state index is -3.10. The smallest absolute Gasteiger partial charge is 0.211 e. The van der Waals surface area contributed by atoms with Crippen LogP contribution in [0.5, 0.6) is 0 Å². The average molecular weight is 322 g/mol. The fourth-order valence-corrected chi connectivity index (χ4v) is 5.89. The highest BCUT2D eigenvalue weighted by Crippen LogP contribution is 2.46. The fourth-order valence-electron chi connectivity index (χ4n) is 3.30. The predicted octanol–water partition coefficient (Wildman–Crippen LogP) is 1.94. The van der Waals surface area contributed by atoms with Crippen molar-refractivity contribution in [2.75, 3.05) is 30.9 Å². The molecule has 0 bridgehead atoms. The first kappa shape index (κ1) is 16.6. The summed E-state index contributed by atoms with van der Waals surface area (Å²) in [4.78, 5) is 0. The van der Waals surface area contributed by atoms with Gasteiger partial charge < -0.3 is 5.11 Å². The molecular weight excluding hydrogens is 294 g/mol. The maximum atomic E-state index is 11.7. The summed E-state index contributed by atoms with van der Waals surface area (Å²) >= 11 is 1.82. The summed E-state index contributed by atoms with van der Waals surface area (Å²) in [6.07, 6.45) is 4.96. The van der Waals surface area contributed by atoms with E-state index in [0.717, 1.165) is 37.2 Å². The van der Waals surface area contributed by atoms with E-state index in [1.54, 1.807) is 4.31 Å². The van der Waals surface area contributed by atoms with Crippen LogP contribution in [0.4, 0.5) is 0 Å². The first-order valence-corrected chi connectivity index (χ1v) is 10.4. The second-order valence-corrected chi connectivity index (χ2v) is 10.1. The molecule has 2 heterocycles. The lowest BCUT2D eigenvalue weighted by Gasteiger charge is -2.48. The first-order valence-electron chi connectivity index (χ1n) is 7.39. The molecule has 0 saturated carbocycles. The van der Waals surface area contributed by atoms with Crippen molar-refractivity contribution in [3.05, 3.63) is 0 Å². The molecule has 4 nitrogen and oxygen atoms in total. The zero-order chi connectivity index (χ0) is 15.0. The minimum absolute atomic E-state index is 0.0778. The molecule has 2 aliphatic rings. The lowest BCUT2D eigenvalue weighted by molar-refractivity contribution is -0.0729. The topological polar surface area (TPSA) is 57.6 Å². The molecule has 0 aromatic carbocycles. The number of hydrogen-bond acceptors (Lipinski definition) is 4. The van der Waals surface area contributed by atoms with E-state index in [1.807, 2.05) is 11.8 Å². The van der Waals surface area contributed by atoms with Crippen LogP contribution in [0.2, 0.25) is 0 Å². The molecule has 2 aliphatic heterocycles. The highest BCUT2D eigenvalue weighted by Gasteiger charge is 2.47. The average Bonchev–Trinajstić information content (AvgIpc) is 2.32. The van der Waals surface area contributed by atoms with Gasteiger partial charge in [-0.3, -0.25) is 0 Å². The SMILES string of the molecule is CC1(C)CCSCC1(O)CC1CCCN(S(C)(=O)=O)C1. The summed E-state index contributed by atoms with van der Waals surface area (Å²) in [5, 5.41) is 11.1. The summed E-state index contributed by atoms with van der Waals surface area (Å²) in [5.41, 5.74) is -0.743. The molecule has 0 aliphatic carbocycles. The Morgan fingerprint density at radius 3 is 2.70 bits per heavy atom. The van der Waals surface area contributed by atoms with Crippen molar-refractivity contribution in [2.24, 2.45) is 11.3 Å². The van der Waals surface area contributed by atoms with E-state index < -0.39 is 15.6 Å². The summed E-state index contributed by atoms with van der Waals surface area (Å²) in [5.74, 6) is 2.16. The highest BCUT2D eigenvalue weighted by atomic mass is 32.2. The van der Waals surface area contributed by atoms with Crippen LogP contribution in [0.15, 0.2) is 0 Å². The number of sulfonamides is 1. The first-order chi connectivity index (χ1) is 9.14. The Kier molecular flexibility index (Phi) is 4.80. The van der Waals surface area contributed by atoms with Gasteiger partial charge in [-0.15, -0.1) is 0 Å². The number of nitrogens with zero attached hydrogens (tertiary/aromatic N) is 1. The van der Waals surface area contributed by atoms with Gasteiger partial charge in [-0.2, -0.15) is 11.8 Å². The summed E-state index contributed by atoms with van der Waals surface area (Å²) < 4.78 is 25.0. The largest absolute Gasteiger partial charge is 0.388 e. The Balaban J connectivity index is 2.05. The summed E-state index contributed by atoms with van der Waals surface area (Å²) in [6, 6.07) is 0. The van der Waals surface area contributed by atoms with Gasteiger partial charge in [-0.05, 0) is 42.8 Å². The van der Waals surface area contributed by atoms with Crippen LogP contribution in [0, 0.1) is 11.3 Å². The Labute approximate surface area is 127 Å². The molecule has 0 aromatic heterocycles. The number of aliphatic hydroxyl groups is 1. The van der Waals surface area contributed by atoms with E-state index in [1.165, 1.54) is 6.26 Å². The Bertz CT molecular complexity index is 449. The van der Waals surface area contributed by atoms with Gasteiger partial charge in [0, 0.05) is 18.8 Å². The standard InChI is InChI=1S/C14H27NO3S2/c1-13(2)6-8-19-11-14(13,16)9-12-5-4-7-15(10-12)20(3,17)18/h12,16H,4-11H2,1-3H3. The summed E-state index contributed by atoms with van der Waals surface area (Å²) in [6.45, 7) is 5.49. The fraction of sp³-hybridized carbons (Fsp3) is 1.00. The quantitative estimate of drug-likeness (QED) is 0.863. The molecule has 6 heteroatoms. The lowest BCUT2D eigenvalue weighted by atomic mass is 9.69. The van der Waals surface area contributed by atoms with Gasteiger partial charge in [0.2, 0.25) is 10.0 Å². The molecular formula is C14H27NO3S2. The van der Waals surface area contributed by atoms with Crippen molar-refractivity contribution in [3.63, 3.8) is 0 Å². The molecule has 20 heavy (non-hydrogen) atoms. The van der Waals surface area contributed by atoms with Crippen molar-refractivity contribution < 1.29 is 13.5 Å². The van der Waals surface area contributed by atoms with Crippen LogP contribution in [0.1, 0.15) is 39.5 Å². The van der Waals surface area contributed by atoms with Crippen molar-refractivity contribution in [3.8, 4) is 0 Å². The van der Waals surface area contributed by atoms with E-state index >= 15 is 0 Å². The second-order valence-electron chi connectivity index (χ2n) is 7.05. The number of rotatable bonds is 3. The summed E-state index contributed by atoms with van der Waals surface area (Å²) in [7, 11) is -3.10. The molecule has 0 amide bonds. The van der Waals surface area contributed by atoms with Gasteiger partial charge in [0.05, 0.1) is 11.9 Å². The third kappa shape index (κ3) is 3.51. The van der Waals surface area contributed by atoms with Gasteiger partial charge in [0.1, 0.15) is 0 Å². The zero-order valence-electron chi connectivity index (χ0n) is 12.8. The number of hydrogen-bond donors (Lipinski definition) is 1. The van der Waals surface area contributed by atoms with Crippen molar-refractivity contribution in [1.29, 1.82) is 0 Å². The Morgan fingerprint density at radius 2 is 2.10 bits per heavy atom. The number of thioether (sulfide) groups is 1. The third-order valence-corrected chi connectivity index (χ3v) is 7.49. The van der Waals surface area contributed by atoms with E-state index in [-0.39, 0.29) is 11.3 Å². The molecule has 2 rings (SSSR count). The molecule has 2 atom stereocenters. The normalized spacial score (nSPS) is 35.9. The third-order valence-electron chi connectivity index (χ3n) is 5.05. The van der Waals surface area contributed by atoms with Crippen LogP contribution in [-0.2, 0) is 10.0 Å². The molecule has 0 spiro atoms.